The molecule has 4 N–H and O–H groups in total. The van der Waals surface area contributed by atoms with E-state index in [4.69, 9.17) is 5.73 Å². The van der Waals surface area contributed by atoms with Crippen LogP contribution >= 0.6 is 11.8 Å². The van der Waals surface area contributed by atoms with Crippen LogP contribution in [0.3, 0.4) is 0 Å². The molecule has 2 aromatic heterocycles. The molecule has 0 amide bonds. The van der Waals surface area contributed by atoms with Crippen molar-refractivity contribution in [1.29, 1.82) is 0 Å². The summed E-state index contributed by atoms with van der Waals surface area (Å²) in [6.45, 7) is 3.02. The van der Waals surface area contributed by atoms with Crippen molar-refractivity contribution < 1.29 is 0 Å². The van der Waals surface area contributed by atoms with E-state index in [9.17, 15) is 4.79 Å². The van der Waals surface area contributed by atoms with E-state index < -0.39 is 0 Å². The molecule has 0 aliphatic heterocycles. The largest absolute Gasteiger partial charge is 0.383 e. The van der Waals surface area contributed by atoms with Gasteiger partial charge >= 0.3 is 0 Å². The highest BCUT2D eigenvalue weighted by Gasteiger charge is 2.01. The van der Waals surface area contributed by atoms with Crippen LogP contribution in [0, 0.1) is 0 Å². The van der Waals surface area contributed by atoms with Gasteiger partial charge in [-0.05, 0) is 18.1 Å². The minimum Gasteiger partial charge on any atom is -0.383 e. The molecule has 2 rings (SSSR count). The third kappa shape index (κ3) is 4.27. The first kappa shape index (κ1) is 14.4. The second-order valence-electron chi connectivity index (χ2n) is 4.24. The molecule has 2 heterocycles. The first-order valence-corrected chi connectivity index (χ1v) is 7.34. The van der Waals surface area contributed by atoms with Crippen molar-refractivity contribution in [3.05, 3.63) is 40.3 Å². The average molecular weight is 291 g/mol. The topological polar surface area (TPSA) is 96.7 Å². The monoisotopic (exact) mass is 291 g/mol. The van der Waals surface area contributed by atoms with Crippen molar-refractivity contribution in [3.63, 3.8) is 0 Å². The second kappa shape index (κ2) is 6.95. The number of pyridine rings is 1. The van der Waals surface area contributed by atoms with Gasteiger partial charge in [0.2, 0.25) is 0 Å². The summed E-state index contributed by atoms with van der Waals surface area (Å²) in [7, 11) is 0. The quantitative estimate of drug-likeness (QED) is 0.555. The summed E-state index contributed by atoms with van der Waals surface area (Å²) >= 11 is 1.42. The van der Waals surface area contributed by atoms with Crippen LogP contribution in [-0.4, -0.2) is 21.5 Å². The molecule has 0 aromatic carbocycles. The minimum absolute atomic E-state index is 0.230. The Morgan fingerprint density at radius 3 is 2.95 bits per heavy atom. The van der Waals surface area contributed by atoms with Crippen molar-refractivity contribution in [2.24, 2.45) is 0 Å². The number of aromatic amines is 1. The van der Waals surface area contributed by atoms with Crippen LogP contribution in [0.25, 0.3) is 0 Å². The second-order valence-corrected chi connectivity index (χ2v) is 5.21. The molecule has 0 fully saturated rings. The first-order valence-electron chi connectivity index (χ1n) is 6.36. The molecular formula is C13H17N5OS. The molecule has 0 aliphatic rings. The number of H-pyrrole nitrogens is 1. The molecule has 0 bridgehead atoms. The number of nitrogens with one attached hydrogen (secondary N) is 2. The average Bonchev–Trinajstić information content (AvgIpc) is 2.43. The first-order chi connectivity index (χ1) is 9.67. The zero-order valence-electron chi connectivity index (χ0n) is 11.2. The van der Waals surface area contributed by atoms with Crippen molar-refractivity contribution in [2.45, 2.75) is 24.3 Å². The van der Waals surface area contributed by atoms with Gasteiger partial charge in [0.15, 0.2) is 5.16 Å². The highest BCUT2D eigenvalue weighted by Crippen LogP contribution is 2.18. The van der Waals surface area contributed by atoms with Gasteiger partial charge in [-0.2, -0.15) is 0 Å². The van der Waals surface area contributed by atoms with Gasteiger partial charge in [-0.1, -0.05) is 24.8 Å². The van der Waals surface area contributed by atoms with Crippen LogP contribution in [0.2, 0.25) is 0 Å². The van der Waals surface area contributed by atoms with Gasteiger partial charge in [0.1, 0.15) is 11.6 Å². The van der Waals surface area contributed by atoms with E-state index >= 15 is 0 Å². The van der Waals surface area contributed by atoms with E-state index in [-0.39, 0.29) is 11.4 Å². The predicted octanol–water partition coefficient (Wildman–Crippen LogP) is 1.86. The number of hydrogen-bond acceptors (Lipinski definition) is 6. The molecule has 0 atom stereocenters. The summed E-state index contributed by atoms with van der Waals surface area (Å²) in [5.74, 6) is 1.78. The van der Waals surface area contributed by atoms with Crippen LogP contribution in [-0.2, 0) is 5.75 Å². The van der Waals surface area contributed by atoms with E-state index in [0.29, 0.717) is 10.9 Å². The molecule has 0 aliphatic carbocycles. The molecule has 0 saturated carbocycles. The summed E-state index contributed by atoms with van der Waals surface area (Å²) in [6.07, 6.45) is 2.88. The molecule has 0 spiro atoms. The minimum atomic E-state index is -0.239. The maximum absolute atomic E-state index is 11.3. The normalized spacial score (nSPS) is 10.4. The van der Waals surface area contributed by atoms with Crippen LogP contribution in [0.1, 0.15) is 18.9 Å². The van der Waals surface area contributed by atoms with Gasteiger partial charge in [-0.3, -0.25) is 4.79 Å². The molecular weight excluding hydrogens is 274 g/mol. The smallest absolute Gasteiger partial charge is 0.253 e. The zero-order valence-corrected chi connectivity index (χ0v) is 12.0. The van der Waals surface area contributed by atoms with Crippen molar-refractivity contribution in [1.82, 2.24) is 15.0 Å². The molecule has 0 radical (unpaired) electrons. The zero-order chi connectivity index (χ0) is 14.4. The van der Waals surface area contributed by atoms with Crippen molar-refractivity contribution in [3.8, 4) is 0 Å². The lowest BCUT2D eigenvalue weighted by Crippen LogP contribution is -2.09. The van der Waals surface area contributed by atoms with E-state index in [2.05, 4.69) is 27.2 Å². The predicted molar refractivity (Wildman–Crippen MR) is 81.8 cm³/mol. The van der Waals surface area contributed by atoms with E-state index in [0.717, 1.165) is 24.3 Å². The van der Waals surface area contributed by atoms with Gasteiger partial charge in [0.05, 0.1) is 0 Å². The van der Waals surface area contributed by atoms with E-state index in [1.165, 1.54) is 17.8 Å². The molecule has 20 heavy (non-hydrogen) atoms. The summed E-state index contributed by atoms with van der Waals surface area (Å²) < 4.78 is 0. The summed E-state index contributed by atoms with van der Waals surface area (Å²) in [6, 6.07) is 5.21. The standard InChI is InChI=1S/C13H17N5OS/c1-2-5-15-11-4-3-9(7-16-11)8-20-13-17-10(14)6-12(19)18-13/h3-4,6-7H,2,5,8H2,1H3,(H,15,16)(H3,14,17,18,19). The number of nitrogen functional groups attached to an aromatic ring is 1. The molecule has 6 nitrogen and oxygen atoms in total. The Morgan fingerprint density at radius 1 is 1.45 bits per heavy atom. The number of anilines is 2. The summed E-state index contributed by atoms with van der Waals surface area (Å²) in [5.41, 5.74) is 6.35. The van der Waals surface area contributed by atoms with Crippen LogP contribution in [0.5, 0.6) is 0 Å². The number of nitrogens with zero attached hydrogens (tertiary/aromatic N) is 2. The van der Waals surface area contributed by atoms with Crippen molar-refractivity contribution >= 4 is 23.4 Å². The Balaban J connectivity index is 1.95. The fourth-order valence-corrected chi connectivity index (χ4v) is 2.36. The molecule has 7 heteroatoms. The summed E-state index contributed by atoms with van der Waals surface area (Å²) in [4.78, 5) is 22.3. The summed E-state index contributed by atoms with van der Waals surface area (Å²) in [5, 5.41) is 3.73. The van der Waals surface area contributed by atoms with Crippen molar-refractivity contribution in [2.75, 3.05) is 17.6 Å². The molecule has 106 valence electrons. The number of rotatable bonds is 6. The van der Waals surface area contributed by atoms with Gasteiger partial charge in [-0.15, -0.1) is 0 Å². The van der Waals surface area contributed by atoms with E-state index in [1.54, 1.807) is 0 Å². The van der Waals surface area contributed by atoms with Gasteiger partial charge in [0.25, 0.3) is 5.56 Å². The third-order valence-corrected chi connectivity index (χ3v) is 3.44. The van der Waals surface area contributed by atoms with Gasteiger partial charge in [-0.25, -0.2) is 9.97 Å². The number of aromatic nitrogens is 3. The van der Waals surface area contributed by atoms with Crippen LogP contribution in [0.4, 0.5) is 11.6 Å². The molecule has 2 aromatic rings. The lowest BCUT2D eigenvalue weighted by Gasteiger charge is -2.05. The molecule has 0 saturated heterocycles. The van der Waals surface area contributed by atoms with Crippen LogP contribution < -0.4 is 16.6 Å². The Morgan fingerprint density at radius 2 is 2.30 bits per heavy atom. The molecule has 0 unspecified atom stereocenters. The maximum Gasteiger partial charge on any atom is 0.253 e. The fraction of sp³-hybridized carbons (Fsp3) is 0.308. The Labute approximate surface area is 121 Å². The Bertz CT molecular complexity index is 611. The SMILES string of the molecule is CCCNc1ccc(CSc2nc(N)cc(=O)[nH]2)cn1. The number of hydrogen-bond donors (Lipinski definition) is 3. The Hall–Kier alpha value is -2.02. The van der Waals surface area contributed by atoms with E-state index in [1.807, 2.05) is 18.3 Å². The van der Waals surface area contributed by atoms with Gasteiger partial charge in [0, 0.05) is 24.6 Å². The fourth-order valence-electron chi connectivity index (χ4n) is 1.54. The Kier molecular flexibility index (Phi) is 5.00. The van der Waals surface area contributed by atoms with Gasteiger partial charge < -0.3 is 16.0 Å². The maximum atomic E-state index is 11.3. The lowest BCUT2D eigenvalue weighted by atomic mass is 10.3. The highest BCUT2D eigenvalue weighted by atomic mass is 32.2. The highest BCUT2D eigenvalue weighted by molar-refractivity contribution is 7.98. The number of nitrogens with two attached hydrogens (primary N) is 1. The van der Waals surface area contributed by atoms with Crippen LogP contribution in [0.15, 0.2) is 34.3 Å². The lowest BCUT2D eigenvalue weighted by molar-refractivity contribution is 0.944. The number of thioether (sulfide) groups is 1. The third-order valence-electron chi connectivity index (χ3n) is 2.50.